The van der Waals surface area contributed by atoms with Crippen molar-refractivity contribution in [3.63, 3.8) is 0 Å². The summed E-state index contributed by atoms with van der Waals surface area (Å²) in [6, 6.07) is 6.69. The van der Waals surface area contributed by atoms with Crippen molar-refractivity contribution in [3.8, 4) is 5.75 Å². The van der Waals surface area contributed by atoms with Gasteiger partial charge in [0.1, 0.15) is 48.0 Å². The van der Waals surface area contributed by atoms with E-state index in [0.717, 1.165) is 0 Å². The maximum Gasteiger partial charge on any atom is 0.326 e. The van der Waals surface area contributed by atoms with Gasteiger partial charge in [0.2, 0.25) is 41.4 Å². The molecule has 3 saturated heterocycles. The first kappa shape index (κ1) is 54.5. The fourth-order valence-electron chi connectivity index (χ4n) is 8.83. The minimum absolute atomic E-state index is 0.0201. The Morgan fingerprint density at radius 2 is 1.61 bits per heavy atom. The molecule has 6 rings (SSSR count). The molecule has 2 bridgehead atoms. The van der Waals surface area contributed by atoms with Gasteiger partial charge in [0.05, 0.1) is 12.9 Å². The second-order valence-corrected chi connectivity index (χ2v) is 20.6. The molecule has 13 N–H and O–H groups in total. The summed E-state index contributed by atoms with van der Waals surface area (Å²) in [5.74, 6) is -5.35. The van der Waals surface area contributed by atoms with Gasteiger partial charge in [0, 0.05) is 61.8 Å². The van der Waals surface area contributed by atoms with E-state index in [-0.39, 0.29) is 88.1 Å². The van der Waals surface area contributed by atoms with E-state index in [2.05, 4.69) is 46.9 Å². The molecular formula is C47H63N13O10S2. The number of aromatic nitrogens is 2. The Bertz CT molecular complexity index is 2390. The summed E-state index contributed by atoms with van der Waals surface area (Å²) < 4.78 is 0. The number of amides is 7. The first-order valence-electron chi connectivity index (χ1n) is 23.7. The molecule has 0 saturated carbocycles. The number of phenolic OH excluding ortho intramolecular Hbond substituents is 1. The summed E-state index contributed by atoms with van der Waals surface area (Å²) in [6.07, 6.45) is 4.27. The molecule has 0 aliphatic carbocycles. The summed E-state index contributed by atoms with van der Waals surface area (Å²) in [6.45, 7) is 0.433. The first-order valence-corrected chi connectivity index (χ1v) is 26.1. The Hall–Kier alpha value is -6.86. The number of guanidine groups is 1. The van der Waals surface area contributed by atoms with Crippen LogP contribution in [-0.2, 0) is 57.6 Å². The molecule has 3 aliphatic rings. The highest BCUT2D eigenvalue weighted by molar-refractivity contribution is 8.76. The second kappa shape index (κ2) is 26.5. The van der Waals surface area contributed by atoms with Crippen molar-refractivity contribution in [1.29, 1.82) is 0 Å². The highest BCUT2D eigenvalue weighted by Gasteiger charge is 2.44. The smallest absolute Gasteiger partial charge is 0.326 e. The van der Waals surface area contributed by atoms with Crippen molar-refractivity contribution < 1.29 is 48.6 Å². The summed E-state index contributed by atoms with van der Waals surface area (Å²) in [7, 11) is 4.39. The number of carboxylic acids is 1. The molecule has 7 amide bonds. The zero-order valence-electron chi connectivity index (χ0n) is 39.8. The van der Waals surface area contributed by atoms with E-state index in [1.807, 2.05) is 0 Å². The number of H-pyrrole nitrogens is 1. The number of benzene rings is 2. The average molecular weight is 1030 g/mol. The monoisotopic (exact) mass is 1030 g/mol. The number of nitrogens with one attached hydrogen (secondary N) is 7. The number of nitrogens with zero attached hydrogens (tertiary/aromatic N) is 4. The van der Waals surface area contributed by atoms with Crippen LogP contribution in [0.1, 0.15) is 55.3 Å². The summed E-state index contributed by atoms with van der Waals surface area (Å²) in [5, 5.41) is 36.4. The van der Waals surface area contributed by atoms with Crippen LogP contribution in [0, 0.1) is 0 Å². The minimum atomic E-state index is -1.30. The number of aliphatic imine (C=N–C) groups is 1. The lowest BCUT2D eigenvalue weighted by Gasteiger charge is -2.31. The number of aromatic hydroxyl groups is 1. The fraction of sp³-hybridized carbons (Fsp3) is 0.489. The predicted octanol–water partition coefficient (Wildman–Crippen LogP) is -1.33. The molecule has 1 unspecified atom stereocenters. The molecule has 4 heterocycles. The lowest BCUT2D eigenvalue weighted by Crippen LogP contribution is -2.60. The van der Waals surface area contributed by atoms with Crippen molar-refractivity contribution in [2.75, 3.05) is 39.0 Å². The number of aromatic amines is 1. The molecule has 3 fully saturated rings. The van der Waals surface area contributed by atoms with Gasteiger partial charge < -0.3 is 68.4 Å². The number of hydrogen-bond acceptors (Lipinski definition) is 14. The SMILES string of the molecule is CNCC(=O)N[C@@H](CCCN=C(N)N)C(=O)N1C[C@@H]2C[C@H]1C(=O)N[C@@H](Cc1ccc(O)cc1)C(=O)N[C@H](C(=O)N[C@@H](Cc1cnc[nH]1)C(=O)N1CCC[C@H]1C(=O)NC(Cc1ccccc1)C(=O)O)CCSS2. The van der Waals surface area contributed by atoms with Crippen LogP contribution in [0.3, 0.4) is 0 Å². The summed E-state index contributed by atoms with van der Waals surface area (Å²) in [5.41, 5.74) is 12.7. The van der Waals surface area contributed by atoms with Gasteiger partial charge in [-0.3, -0.25) is 38.6 Å². The zero-order valence-corrected chi connectivity index (χ0v) is 41.4. The van der Waals surface area contributed by atoms with Gasteiger partial charge in [-0.05, 0) is 68.8 Å². The van der Waals surface area contributed by atoms with Crippen LogP contribution in [0.4, 0.5) is 0 Å². The Morgan fingerprint density at radius 1 is 0.875 bits per heavy atom. The van der Waals surface area contributed by atoms with Crippen LogP contribution < -0.4 is 43.4 Å². The van der Waals surface area contributed by atoms with Crippen LogP contribution in [-0.4, -0.2) is 170 Å². The zero-order chi connectivity index (χ0) is 51.7. The molecular weight excluding hydrogens is 971 g/mol. The third-order valence-electron chi connectivity index (χ3n) is 12.4. The van der Waals surface area contributed by atoms with E-state index in [4.69, 9.17) is 11.5 Å². The number of carbonyl (C=O) groups excluding carboxylic acids is 7. The van der Waals surface area contributed by atoms with E-state index in [0.29, 0.717) is 35.4 Å². The minimum Gasteiger partial charge on any atom is -0.508 e. The number of carboxylic acid groups (broad SMARTS) is 1. The van der Waals surface area contributed by atoms with Gasteiger partial charge in [-0.2, -0.15) is 0 Å². The number of phenols is 1. The molecule has 23 nitrogen and oxygen atoms in total. The van der Waals surface area contributed by atoms with Crippen LogP contribution >= 0.6 is 21.6 Å². The lowest BCUT2D eigenvalue weighted by molar-refractivity contribution is -0.145. The standard InChI is InChI=1S/C47H63N13O10S2/c1-50-24-39(62)54-33(9-5-16-52-47(48)49)44(67)60-25-31-22-38(60)43(66)56-34(19-28-11-13-30(61)14-12-28)41(64)55-32(15-18-71-72-31)40(63)57-35(21-29-23-51-26-53-29)45(68)59-17-6-10-37(59)42(65)58-36(46(69)70)20-27-7-3-2-4-8-27/h2-4,7-8,11-14,23,26,31-38,50,61H,5-6,9-10,15-22,24-25H2,1H3,(H,51,53)(H,54,62)(H,55,64)(H,56,66)(H,57,63)(H,58,65)(H,69,70)(H4,48,49,52)/t31-,32-,33-,34-,35-,36?,37-,38-/m0/s1. The van der Waals surface area contributed by atoms with Gasteiger partial charge >= 0.3 is 5.97 Å². The highest BCUT2D eigenvalue weighted by Crippen LogP contribution is 2.37. The van der Waals surface area contributed by atoms with Crippen molar-refractivity contribution in [3.05, 3.63) is 83.9 Å². The van der Waals surface area contributed by atoms with E-state index >= 15 is 0 Å². The van der Waals surface area contributed by atoms with Gasteiger partial charge in [-0.15, -0.1) is 0 Å². The normalized spacial score (nSPS) is 21.5. The molecule has 388 valence electrons. The van der Waals surface area contributed by atoms with Crippen LogP contribution in [0.5, 0.6) is 5.75 Å². The van der Waals surface area contributed by atoms with Gasteiger partial charge in [-0.1, -0.05) is 64.1 Å². The number of rotatable bonds is 20. The molecule has 0 spiro atoms. The molecule has 8 atom stereocenters. The van der Waals surface area contributed by atoms with Crippen LogP contribution in [0.2, 0.25) is 0 Å². The number of hydrogen-bond donors (Lipinski definition) is 11. The predicted molar refractivity (Wildman–Crippen MR) is 269 cm³/mol. The molecule has 72 heavy (non-hydrogen) atoms. The largest absolute Gasteiger partial charge is 0.508 e. The van der Waals surface area contributed by atoms with Crippen LogP contribution in [0.25, 0.3) is 0 Å². The van der Waals surface area contributed by atoms with Gasteiger partial charge in [0.25, 0.3) is 0 Å². The maximum atomic E-state index is 14.6. The molecule has 3 aromatic rings. The Kier molecular flexibility index (Phi) is 20.1. The number of nitrogens with two attached hydrogens (primary N) is 2. The Morgan fingerprint density at radius 3 is 2.31 bits per heavy atom. The highest BCUT2D eigenvalue weighted by atomic mass is 33.1. The fourth-order valence-corrected chi connectivity index (χ4v) is 11.5. The van der Waals surface area contributed by atoms with Crippen molar-refractivity contribution in [2.45, 2.75) is 105 Å². The van der Waals surface area contributed by atoms with Crippen molar-refractivity contribution in [1.82, 2.24) is 51.7 Å². The number of imidazole rings is 1. The molecule has 3 aliphatic heterocycles. The van der Waals surface area contributed by atoms with E-state index < -0.39 is 89.6 Å². The Labute approximate surface area is 424 Å². The second-order valence-electron chi connectivity index (χ2n) is 17.8. The summed E-state index contributed by atoms with van der Waals surface area (Å²) >= 11 is 0. The quantitative estimate of drug-likeness (QED) is 0.0270. The molecule has 2 aromatic carbocycles. The Balaban J connectivity index is 1.22. The first-order chi connectivity index (χ1) is 34.6. The van der Waals surface area contributed by atoms with Crippen molar-refractivity contribution >= 4 is 74.9 Å². The molecule has 25 heteroatoms. The number of fused-ring (bicyclic) bond motifs is 2. The van der Waals surface area contributed by atoms with Crippen molar-refractivity contribution in [2.24, 2.45) is 16.5 Å². The number of aliphatic carboxylic acids is 1. The number of likely N-dealkylation sites (N-methyl/N-ethyl adjacent to an activating group) is 1. The molecule has 1 aromatic heterocycles. The van der Waals surface area contributed by atoms with E-state index in [1.54, 1.807) is 49.5 Å². The summed E-state index contributed by atoms with van der Waals surface area (Å²) in [4.78, 5) is 125. The number of carbonyl (C=O) groups is 8. The average Bonchev–Trinajstić information content (AvgIpc) is 4.16. The van der Waals surface area contributed by atoms with E-state index in [1.165, 1.54) is 56.0 Å². The molecule has 0 radical (unpaired) electrons. The van der Waals surface area contributed by atoms with Gasteiger partial charge in [0.15, 0.2) is 5.96 Å². The van der Waals surface area contributed by atoms with E-state index in [9.17, 15) is 48.6 Å². The third kappa shape index (κ3) is 15.6. The lowest BCUT2D eigenvalue weighted by atomic mass is 10.0. The topological polar surface area (TPSA) is 349 Å². The third-order valence-corrected chi connectivity index (χ3v) is 15.3. The maximum absolute atomic E-state index is 14.6. The van der Waals surface area contributed by atoms with Gasteiger partial charge in [-0.25, -0.2) is 9.78 Å². The van der Waals surface area contributed by atoms with Crippen LogP contribution in [0.15, 0.2) is 72.1 Å². The number of likely N-dealkylation sites (tertiary alicyclic amines) is 2.